The van der Waals surface area contributed by atoms with Crippen LogP contribution in [0, 0.1) is 11.8 Å². The molecule has 0 aromatic carbocycles. The van der Waals surface area contributed by atoms with E-state index in [1.807, 2.05) is 0 Å². The molecule has 2 saturated carbocycles. The van der Waals surface area contributed by atoms with E-state index in [0.717, 1.165) is 6.42 Å². The SMILES string of the molecule is ClC1=C(Cl)[C@]2(Cl)[C@@H]3C[C@@H]3[C@@]1(Cl)C21OCCO1. The molecule has 3 fully saturated rings. The maximum absolute atomic E-state index is 6.68. The highest BCUT2D eigenvalue weighted by Crippen LogP contribution is 2.82. The van der Waals surface area contributed by atoms with Crippen molar-refractivity contribution >= 4 is 46.4 Å². The number of alkyl halides is 2. The first kappa shape index (κ1) is 10.7. The van der Waals surface area contributed by atoms with Gasteiger partial charge in [0.1, 0.15) is 9.75 Å². The van der Waals surface area contributed by atoms with Crippen LogP contribution >= 0.6 is 46.4 Å². The monoisotopic (exact) mass is 300 g/mol. The largest absolute Gasteiger partial charge is 0.344 e. The Morgan fingerprint density at radius 3 is 1.81 bits per heavy atom. The van der Waals surface area contributed by atoms with Crippen LogP contribution in [0.2, 0.25) is 0 Å². The van der Waals surface area contributed by atoms with Crippen molar-refractivity contribution in [3.05, 3.63) is 10.1 Å². The topological polar surface area (TPSA) is 18.5 Å². The number of ether oxygens (including phenoxy) is 2. The Labute approximate surface area is 113 Å². The average molecular weight is 302 g/mol. The van der Waals surface area contributed by atoms with Crippen LogP contribution in [0.1, 0.15) is 6.42 Å². The lowest BCUT2D eigenvalue weighted by molar-refractivity contribution is -0.177. The third-order valence-electron chi connectivity index (χ3n) is 4.30. The molecule has 0 aromatic heterocycles. The van der Waals surface area contributed by atoms with Crippen LogP contribution in [-0.4, -0.2) is 28.7 Å². The number of hydrogen-bond donors (Lipinski definition) is 0. The Morgan fingerprint density at radius 1 is 0.938 bits per heavy atom. The molecule has 0 amide bonds. The fourth-order valence-electron chi connectivity index (χ4n) is 3.59. The third kappa shape index (κ3) is 0.741. The predicted molar refractivity (Wildman–Crippen MR) is 62.1 cm³/mol. The number of fused-ring (bicyclic) bond motifs is 3. The number of halogens is 4. The summed E-state index contributed by atoms with van der Waals surface area (Å²) in [5.41, 5.74) is 0. The molecular formula is C10H8Cl4O2. The van der Waals surface area contributed by atoms with Gasteiger partial charge < -0.3 is 9.47 Å². The Balaban J connectivity index is 2.01. The van der Waals surface area contributed by atoms with E-state index >= 15 is 0 Å². The fraction of sp³-hybridized carbons (Fsp3) is 0.800. The normalized spacial score (nSPS) is 56.2. The van der Waals surface area contributed by atoms with E-state index in [1.54, 1.807) is 0 Å². The minimum absolute atomic E-state index is 0.222. The van der Waals surface area contributed by atoms with Gasteiger partial charge >= 0.3 is 0 Å². The van der Waals surface area contributed by atoms with E-state index in [9.17, 15) is 0 Å². The molecule has 1 aliphatic heterocycles. The van der Waals surface area contributed by atoms with Crippen LogP contribution in [0.5, 0.6) is 0 Å². The Morgan fingerprint density at radius 2 is 1.38 bits per heavy atom. The number of hydrogen-bond acceptors (Lipinski definition) is 2. The van der Waals surface area contributed by atoms with Gasteiger partial charge in [-0.3, -0.25) is 0 Å². The summed E-state index contributed by atoms with van der Waals surface area (Å²) in [6.07, 6.45) is 0.938. The van der Waals surface area contributed by atoms with Crippen LogP contribution in [0.3, 0.4) is 0 Å². The molecular weight excluding hydrogens is 294 g/mol. The lowest BCUT2D eigenvalue weighted by Crippen LogP contribution is -2.56. The van der Waals surface area contributed by atoms with Gasteiger partial charge in [0.2, 0.25) is 5.79 Å². The van der Waals surface area contributed by atoms with Crippen molar-refractivity contribution < 1.29 is 9.47 Å². The molecule has 4 rings (SSSR count). The van der Waals surface area contributed by atoms with Crippen LogP contribution in [0.15, 0.2) is 10.1 Å². The number of rotatable bonds is 0. The van der Waals surface area contributed by atoms with Gasteiger partial charge in [0.15, 0.2) is 0 Å². The van der Waals surface area contributed by atoms with E-state index < -0.39 is 15.5 Å². The molecule has 4 atom stereocenters. The molecule has 3 aliphatic carbocycles. The van der Waals surface area contributed by atoms with Gasteiger partial charge in [-0.15, -0.1) is 23.2 Å². The van der Waals surface area contributed by atoms with Gasteiger partial charge in [-0.05, 0) is 18.3 Å². The summed E-state index contributed by atoms with van der Waals surface area (Å²) in [7, 11) is 0. The Bertz CT molecular complexity index is 399. The lowest BCUT2D eigenvalue weighted by atomic mass is 9.95. The zero-order valence-corrected chi connectivity index (χ0v) is 11.1. The zero-order valence-electron chi connectivity index (χ0n) is 8.10. The smallest absolute Gasteiger partial charge is 0.218 e. The minimum atomic E-state index is -1.05. The molecule has 1 spiro atoms. The predicted octanol–water partition coefficient (Wildman–Crippen LogP) is 3.04. The van der Waals surface area contributed by atoms with Gasteiger partial charge in [-0.2, -0.15) is 0 Å². The zero-order chi connectivity index (χ0) is 11.3. The molecule has 0 unspecified atom stereocenters. The standard InChI is InChI=1S/C10H8Cl4O2/c11-6-7(12)9(14)5-3-4(5)8(6,13)10(9)15-1-2-16-10/h4-5H,1-3H2/t4-,5+,8-,9+. The molecule has 2 nitrogen and oxygen atoms in total. The summed E-state index contributed by atoms with van der Waals surface area (Å²) in [4.78, 5) is -1.76. The highest BCUT2D eigenvalue weighted by molar-refractivity contribution is 6.52. The Hall–Kier alpha value is 0.820. The second-order valence-corrected chi connectivity index (χ2v) is 6.76. The molecule has 0 N–H and O–H groups in total. The van der Waals surface area contributed by atoms with E-state index in [4.69, 9.17) is 55.9 Å². The molecule has 2 bridgehead atoms. The van der Waals surface area contributed by atoms with E-state index in [0.29, 0.717) is 23.3 Å². The highest BCUT2D eigenvalue weighted by Gasteiger charge is 2.90. The van der Waals surface area contributed by atoms with Crippen LogP contribution in [0.4, 0.5) is 0 Å². The molecule has 4 aliphatic rings. The quantitative estimate of drug-likeness (QED) is 0.640. The third-order valence-corrected chi connectivity index (χ3v) is 7.00. The highest BCUT2D eigenvalue weighted by atomic mass is 35.5. The molecule has 6 heteroatoms. The molecule has 1 saturated heterocycles. The average Bonchev–Trinajstić information content (AvgIpc) is 2.87. The van der Waals surface area contributed by atoms with Crippen molar-refractivity contribution in [2.24, 2.45) is 11.8 Å². The van der Waals surface area contributed by atoms with Crippen molar-refractivity contribution in [1.82, 2.24) is 0 Å². The van der Waals surface area contributed by atoms with Gasteiger partial charge in [-0.1, -0.05) is 23.2 Å². The van der Waals surface area contributed by atoms with Gasteiger partial charge in [0, 0.05) is 0 Å². The van der Waals surface area contributed by atoms with Gasteiger partial charge in [0.05, 0.1) is 23.3 Å². The maximum Gasteiger partial charge on any atom is 0.218 e. The molecule has 1 heterocycles. The lowest BCUT2D eigenvalue weighted by Gasteiger charge is -2.40. The van der Waals surface area contributed by atoms with E-state index in [2.05, 4.69) is 0 Å². The summed E-state index contributed by atoms with van der Waals surface area (Å²) < 4.78 is 11.5. The molecule has 88 valence electrons. The van der Waals surface area contributed by atoms with Crippen molar-refractivity contribution in [2.75, 3.05) is 13.2 Å². The second kappa shape index (κ2) is 2.71. The van der Waals surface area contributed by atoms with Gasteiger partial charge in [0.25, 0.3) is 0 Å². The molecule has 0 aromatic rings. The minimum Gasteiger partial charge on any atom is -0.344 e. The summed E-state index contributed by atoms with van der Waals surface area (Å²) in [5.74, 6) is -0.607. The van der Waals surface area contributed by atoms with E-state index in [1.165, 1.54) is 0 Å². The van der Waals surface area contributed by atoms with Crippen LogP contribution < -0.4 is 0 Å². The maximum atomic E-state index is 6.68. The molecule has 0 radical (unpaired) electrons. The fourth-order valence-corrected chi connectivity index (χ4v) is 5.75. The summed E-state index contributed by atoms with van der Waals surface area (Å²) in [6.45, 7) is 0.966. The first-order valence-corrected chi connectivity index (χ1v) is 6.73. The van der Waals surface area contributed by atoms with Gasteiger partial charge in [-0.25, -0.2) is 0 Å². The summed E-state index contributed by atoms with van der Waals surface area (Å²) in [6, 6.07) is 0. The first-order valence-electron chi connectivity index (χ1n) is 5.22. The summed E-state index contributed by atoms with van der Waals surface area (Å²) in [5, 5.41) is 0.818. The van der Waals surface area contributed by atoms with Crippen molar-refractivity contribution in [2.45, 2.75) is 22.0 Å². The summed E-state index contributed by atoms with van der Waals surface area (Å²) >= 11 is 25.9. The first-order chi connectivity index (χ1) is 7.50. The Kier molecular flexibility index (Phi) is 1.81. The van der Waals surface area contributed by atoms with Crippen LogP contribution in [0.25, 0.3) is 0 Å². The van der Waals surface area contributed by atoms with Crippen molar-refractivity contribution in [1.29, 1.82) is 0 Å². The van der Waals surface area contributed by atoms with Crippen LogP contribution in [-0.2, 0) is 9.47 Å². The second-order valence-electron chi connectivity index (χ2n) is 4.81. The van der Waals surface area contributed by atoms with E-state index in [-0.39, 0.29) is 11.8 Å². The van der Waals surface area contributed by atoms with Crippen molar-refractivity contribution in [3.63, 3.8) is 0 Å². The molecule has 16 heavy (non-hydrogen) atoms. The van der Waals surface area contributed by atoms with Crippen molar-refractivity contribution in [3.8, 4) is 0 Å².